The Labute approximate surface area is 76.6 Å². The summed E-state index contributed by atoms with van der Waals surface area (Å²) >= 11 is 0. The third-order valence-electron chi connectivity index (χ3n) is 2.00. The van der Waals surface area contributed by atoms with Gasteiger partial charge in [0.25, 0.3) is 0 Å². The fourth-order valence-corrected chi connectivity index (χ4v) is 0.790. The summed E-state index contributed by atoms with van der Waals surface area (Å²) in [4.78, 5) is 22.0. The normalized spacial score (nSPS) is 17.0. The van der Waals surface area contributed by atoms with Crippen molar-refractivity contribution in [2.75, 3.05) is 14.2 Å². The van der Waals surface area contributed by atoms with E-state index in [4.69, 9.17) is 0 Å². The Hall–Kier alpha value is -1.10. The standard InChI is InChI=1S/C8H14O5/c1-5(6(9)12-3)8(2,11)7(10)13-4/h5,11H,1-4H3. The van der Waals surface area contributed by atoms with E-state index in [2.05, 4.69) is 9.47 Å². The lowest BCUT2D eigenvalue weighted by molar-refractivity contribution is -0.174. The molecule has 0 heterocycles. The number of carbonyl (C=O) groups is 2. The van der Waals surface area contributed by atoms with Crippen molar-refractivity contribution in [2.45, 2.75) is 19.4 Å². The highest BCUT2D eigenvalue weighted by Crippen LogP contribution is 2.19. The predicted molar refractivity (Wildman–Crippen MR) is 43.8 cm³/mol. The van der Waals surface area contributed by atoms with Crippen LogP contribution in [0.3, 0.4) is 0 Å². The van der Waals surface area contributed by atoms with Crippen LogP contribution in [0.25, 0.3) is 0 Å². The first kappa shape index (κ1) is 11.9. The monoisotopic (exact) mass is 190 g/mol. The van der Waals surface area contributed by atoms with Crippen LogP contribution in [-0.2, 0) is 19.1 Å². The molecule has 0 aromatic carbocycles. The summed E-state index contributed by atoms with van der Waals surface area (Å²) in [7, 11) is 2.33. The zero-order chi connectivity index (χ0) is 10.6. The van der Waals surface area contributed by atoms with Crippen molar-refractivity contribution >= 4 is 11.9 Å². The van der Waals surface area contributed by atoms with Crippen molar-refractivity contribution in [1.82, 2.24) is 0 Å². The molecule has 0 radical (unpaired) electrons. The fourth-order valence-electron chi connectivity index (χ4n) is 0.790. The minimum atomic E-state index is -1.85. The molecule has 0 amide bonds. The van der Waals surface area contributed by atoms with Gasteiger partial charge in [0.15, 0.2) is 5.60 Å². The minimum absolute atomic E-state index is 0.657. The van der Waals surface area contributed by atoms with Crippen LogP contribution in [0.5, 0.6) is 0 Å². The zero-order valence-corrected chi connectivity index (χ0v) is 8.16. The molecule has 0 fully saturated rings. The molecule has 0 aliphatic carbocycles. The second kappa shape index (κ2) is 4.23. The summed E-state index contributed by atoms with van der Waals surface area (Å²) in [5.74, 6) is -2.47. The number of esters is 2. The van der Waals surface area contributed by atoms with Gasteiger partial charge in [-0.25, -0.2) is 4.79 Å². The molecule has 0 aromatic rings. The largest absolute Gasteiger partial charge is 0.469 e. The summed E-state index contributed by atoms with van der Waals surface area (Å²) in [6.45, 7) is 2.60. The topological polar surface area (TPSA) is 72.8 Å². The molecular weight excluding hydrogens is 176 g/mol. The average Bonchev–Trinajstić information content (AvgIpc) is 2.13. The van der Waals surface area contributed by atoms with Crippen molar-refractivity contribution in [3.63, 3.8) is 0 Å². The van der Waals surface area contributed by atoms with Crippen LogP contribution in [0.15, 0.2) is 0 Å². The summed E-state index contributed by atoms with van der Waals surface area (Å²) in [5, 5.41) is 9.58. The van der Waals surface area contributed by atoms with Gasteiger partial charge in [-0.1, -0.05) is 0 Å². The maximum absolute atomic E-state index is 11.0. The minimum Gasteiger partial charge on any atom is -0.469 e. The molecule has 0 aromatic heterocycles. The van der Waals surface area contributed by atoms with E-state index in [0.29, 0.717) is 0 Å². The summed E-state index contributed by atoms with van der Waals surface area (Å²) in [6.07, 6.45) is 0. The summed E-state index contributed by atoms with van der Waals surface area (Å²) in [6, 6.07) is 0. The number of carbonyl (C=O) groups excluding carboxylic acids is 2. The molecule has 0 aliphatic rings. The van der Waals surface area contributed by atoms with Crippen molar-refractivity contribution in [1.29, 1.82) is 0 Å². The zero-order valence-electron chi connectivity index (χ0n) is 8.16. The van der Waals surface area contributed by atoms with Gasteiger partial charge in [-0.2, -0.15) is 0 Å². The molecule has 0 aliphatic heterocycles. The first-order valence-corrected chi connectivity index (χ1v) is 3.76. The molecule has 0 bridgehead atoms. The lowest BCUT2D eigenvalue weighted by atomic mass is 9.91. The van der Waals surface area contributed by atoms with Crippen molar-refractivity contribution in [3.05, 3.63) is 0 Å². The maximum Gasteiger partial charge on any atom is 0.338 e. The molecule has 0 spiro atoms. The molecule has 1 N–H and O–H groups in total. The molecular formula is C8H14O5. The van der Waals surface area contributed by atoms with Crippen LogP contribution >= 0.6 is 0 Å². The number of rotatable bonds is 3. The van der Waals surface area contributed by atoms with E-state index in [0.717, 1.165) is 7.11 Å². The Morgan fingerprint density at radius 3 is 2.08 bits per heavy atom. The number of hydrogen-bond donors (Lipinski definition) is 1. The smallest absolute Gasteiger partial charge is 0.338 e. The quantitative estimate of drug-likeness (QED) is 0.619. The van der Waals surface area contributed by atoms with Gasteiger partial charge in [0.2, 0.25) is 0 Å². The molecule has 0 rings (SSSR count). The highest BCUT2D eigenvalue weighted by atomic mass is 16.5. The lowest BCUT2D eigenvalue weighted by Gasteiger charge is -2.24. The summed E-state index contributed by atoms with van der Waals surface area (Å²) < 4.78 is 8.72. The summed E-state index contributed by atoms with van der Waals surface area (Å²) in [5.41, 5.74) is -1.85. The third kappa shape index (κ3) is 2.42. The van der Waals surface area contributed by atoms with Crippen LogP contribution in [0.1, 0.15) is 13.8 Å². The van der Waals surface area contributed by atoms with Gasteiger partial charge in [-0.15, -0.1) is 0 Å². The van der Waals surface area contributed by atoms with E-state index in [1.807, 2.05) is 0 Å². The Bertz CT molecular complexity index is 209. The van der Waals surface area contributed by atoms with Gasteiger partial charge in [0.05, 0.1) is 20.1 Å². The van der Waals surface area contributed by atoms with Gasteiger partial charge < -0.3 is 14.6 Å². The van der Waals surface area contributed by atoms with Crippen LogP contribution in [0, 0.1) is 5.92 Å². The number of hydrogen-bond acceptors (Lipinski definition) is 5. The predicted octanol–water partition coefficient (Wildman–Crippen LogP) is -0.281. The van der Waals surface area contributed by atoms with Crippen molar-refractivity contribution in [3.8, 4) is 0 Å². The van der Waals surface area contributed by atoms with E-state index in [-0.39, 0.29) is 0 Å². The van der Waals surface area contributed by atoms with Gasteiger partial charge in [-0.05, 0) is 13.8 Å². The van der Waals surface area contributed by atoms with E-state index < -0.39 is 23.5 Å². The Balaban J connectivity index is 4.62. The highest BCUT2D eigenvalue weighted by molar-refractivity contribution is 5.86. The molecule has 5 heteroatoms. The van der Waals surface area contributed by atoms with Gasteiger partial charge in [-0.3, -0.25) is 4.79 Å². The van der Waals surface area contributed by atoms with Gasteiger partial charge in [0, 0.05) is 0 Å². The Kier molecular flexibility index (Phi) is 3.87. The van der Waals surface area contributed by atoms with Crippen LogP contribution in [-0.4, -0.2) is 36.9 Å². The molecule has 5 nitrogen and oxygen atoms in total. The van der Waals surface area contributed by atoms with E-state index in [9.17, 15) is 14.7 Å². The maximum atomic E-state index is 11.0. The van der Waals surface area contributed by atoms with Crippen LogP contribution < -0.4 is 0 Å². The Morgan fingerprint density at radius 1 is 1.31 bits per heavy atom. The second-order valence-corrected chi connectivity index (χ2v) is 2.88. The lowest BCUT2D eigenvalue weighted by Crippen LogP contribution is -2.46. The highest BCUT2D eigenvalue weighted by Gasteiger charge is 2.42. The molecule has 0 saturated carbocycles. The molecule has 76 valence electrons. The average molecular weight is 190 g/mol. The van der Waals surface area contributed by atoms with E-state index in [1.54, 1.807) is 0 Å². The molecule has 2 unspecified atom stereocenters. The first-order chi connectivity index (χ1) is 5.87. The van der Waals surface area contributed by atoms with Gasteiger partial charge in [0.1, 0.15) is 0 Å². The number of methoxy groups -OCH3 is 2. The third-order valence-corrected chi connectivity index (χ3v) is 2.00. The van der Waals surface area contributed by atoms with Crippen molar-refractivity contribution < 1.29 is 24.2 Å². The van der Waals surface area contributed by atoms with Crippen LogP contribution in [0.4, 0.5) is 0 Å². The van der Waals surface area contributed by atoms with E-state index in [1.165, 1.54) is 21.0 Å². The number of aliphatic hydroxyl groups is 1. The van der Waals surface area contributed by atoms with Crippen LogP contribution in [0.2, 0.25) is 0 Å². The fraction of sp³-hybridized carbons (Fsp3) is 0.750. The Morgan fingerprint density at radius 2 is 1.77 bits per heavy atom. The molecule has 13 heavy (non-hydrogen) atoms. The SMILES string of the molecule is COC(=O)C(C)C(C)(O)C(=O)OC. The number of ether oxygens (including phenoxy) is 2. The second-order valence-electron chi connectivity index (χ2n) is 2.88. The molecule has 2 atom stereocenters. The van der Waals surface area contributed by atoms with E-state index >= 15 is 0 Å². The van der Waals surface area contributed by atoms with Gasteiger partial charge >= 0.3 is 11.9 Å². The first-order valence-electron chi connectivity index (χ1n) is 3.76. The molecule has 0 saturated heterocycles. The van der Waals surface area contributed by atoms with Crippen molar-refractivity contribution in [2.24, 2.45) is 5.92 Å².